The van der Waals surface area contributed by atoms with E-state index in [1.807, 2.05) is 31.9 Å². The molecule has 0 bridgehead atoms. The number of halogens is 2. The topological polar surface area (TPSA) is 81.8 Å². The Bertz CT molecular complexity index is 1460. The number of piperidine rings is 1. The van der Waals surface area contributed by atoms with Gasteiger partial charge in [-0.25, -0.2) is 8.78 Å². The normalized spacial score (nSPS) is 27.6. The predicted octanol–water partition coefficient (Wildman–Crippen LogP) is 3.89. The summed E-state index contributed by atoms with van der Waals surface area (Å²) in [7, 11) is 1.83. The van der Waals surface area contributed by atoms with Gasteiger partial charge in [-0.2, -0.15) is 0 Å². The van der Waals surface area contributed by atoms with E-state index in [1.54, 1.807) is 12.2 Å². The van der Waals surface area contributed by atoms with E-state index in [9.17, 15) is 23.2 Å². The number of hydrogen-bond acceptors (Lipinski definition) is 4. The van der Waals surface area contributed by atoms with Crippen molar-refractivity contribution in [1.29, 1.82) is 0 Å². The van der Waals surface area contributed by atoms with Crippen LogP contribution in [-0.4, -0.2) is 52.7 Å². The number of carbonyl (C=O) groups excluding carboxylic acids is 3. The van der Waals surface area contributed by atoms with Crippen molar-refractivity contribution < 1.29 is 23.2 Å². The Kier molecular flexibility index (Phi) is 6.45. The smallest absolute Gasteiger partial charge is 0.252 e. The Labute approximate surface area is 226 Å². The van der Waals surface area contributed by atoms with Crippen LogP contribution in [-0.2, 0) is 14.4 Å². The Hall–Kier alpha value is -4.19. The summed E-state index contributed by atoms with van der Waals surface area (Å²) in [5.41, 5.74) is 7.23. The molecular weight excluding hydrogens is 502 g/mol. The van der Waals surface area contributed by atoms with E-state index in [-0.39, 0.29) is 18.4 Å². The van der Waals surface area contributed by atoms with Crippen LogP contribution in [0.15, 0.2) is 94.4 Å². The van der Waals surface area contributed by atoms with Gasteiger partial charge in [0.05, 0.1) is 6.04 Å². The predicted molar refractivity (Wildman–Crippen MR) is 141 cm³/mol. The minimum absolute atomic E-state index is 0.115. The lowest BCUT2D eigenvalue weighted by Gasteiger charge is -2.42. The summed E-state index contributed by atoms with van der Waals surface area (Å²) < 4.78 is 27.5. The molecule has 0 aromatic carbocycles. The monoisotopic (exact) mass is 532 g/mol. The standard InChI is InChI=1S/C30H30F2N4O3/c1-18-33-27(38)30(35(18)4)15-20-6-5-7-22(14-21(20)16-30)34-26(37)17-36-25(12-13-29(2,3)28(36)39)19-8-10-23(31)24(32)11-9-19/h5,7-8,10-11,14,25H,1,12-13,15-17H2,2-4H3,(H,33,38)(H,34,37). The number of rotatable bonds is 4. The van der Waals surface area contributed by atoms with Crippen LogP contribution in [0.4, 0.5) is 8.78 Å². The summed E-state index contributed by atoms with van der Waals surface area (Å²) in [5.74, 6) is -2.26. The average molecular weight is 533 g/mol. The van der Waals surface area contributed by atoms with Crippen LogP contribution in [0.1, 0.15) is 39.5 Å². The lowest BCUT2D eigenvalue weighted by Crippen LogP contribution is -2.54. The van der Waals surface area contributed by atoms with Gasteiger partial charge in [-0.05, 0) is 48.8 Å². The second-order valence-corrected chi connectivity index (χ2v) is 11.1. The van der Waals surface area contributed by atoms with Gasteiger partial charge in [0.1, 0.15) is 17.9 Å². The third-order valence-electron chi connectivity index (χ3n) is 8.14. The van der Waals surface area contributed by atoms with E-state index in [2.05, 4.69) is 28.7 Å². The zero-order valence-electron chi connectivity index (χ0n) is 22.2. The number of nitrogens with zero attached hydrogens (tertiary/aromatic N) is 2. The molecule has 2 heterocycles. The van der Waals surface area contributed by atoms with Crippen molar-refractivity contribution in [1.82, 2.24) is 20.4 Å². The van der Waals surface area contributed by atoms with Crippen LogP contribution in [0.2, 0.25) is 0 Å². The first-order chi connectivity index (χ1) is 18.4. The lowest BCUT2D eigenvalue weighted by molar-refractivity contribution is -0.149. The van der Waals surface area contributed by atoms with Crippen molar-refractivity contribution in [2.75, 3.05) is 13.6 Å². The molecule has 5 rings (SSSR count). The van der Waals surface area contributed by atoms with E-state index >= 15 is 0 Å². The van der Waals surface area contributed by atoms with Gasteiger partial charge >= 0.3 is 0 Å². The maximum atomic E-state index is 13.8. The molecule has 0 aromatic heterocycles. The molecule has 2 N–H and O–H groups in total. The molecule has 9 heteroatoms. The first kappa shape index (κ1) is 26.4. The molecule has 3 aliphatic carbocycles. The molecule has 2 saturated heterocycles. The van der Waals surface area contributed by atoms with E-state index < -0.39 is 34.6 Å². The highest BCUT2D eigenvalue weighted by Crippen LogP contribution is 2.46. The van der Waals surface area contributed by atoms with Gasteiger partial charge in [-0.1, -0.05) is 20.4 Å². The number of likely N-dealkylation sites (tertiary alicyclic amines) is 1. The fourth-order valence-corrected chi connectivity index (χ4v) is 5.72. The van der Waals surface area contributed by atoms with Crippen LogP contribution >= 0.6 is 0 Å². The first-order valence-corrected chi connectivity index (χ1v) is 12.8. The second-order valence-electron chi connectivity index (χ2n) is 11.1. The van der Waals surface area contributed by atoms with E-state index in [4.69, 9.17) is 0 Å². The Morgan fingerprint density at radius 1 is 1.21 bits per heavy atom. The van der Waals surface area contributed by atoms with Crippen LogP contribution in [0.5, 0.6) is 0 Å². The zero-order chi connectivity index (χ0) is 28.1. The van der Waals surface area contributed by atoms with Crippen molar-refractivity contribution in [3.8, 4) is 0 Å². The van der Waals surface area contributed by atoms with Gasteiger partial charge in [0.15, 0.2) is 11.7 Å². The minimum Gasteiger partial charge on any atom is -0.346 e. The summed E-state index contributed by atoms with van der Waals surface area (Å²) >= 11 is 0. The summed E-state index contributed by atoms with van der Waals surface area (Å²) in [4.78, 5) is 42.7. The number of carbonyl (C=O) groups is 3. The molecule has 0 aromatic rings. The van der Waals surface area contributed by atoms with Crippen LogP contribution in [0.3, 0.4) is 0 Å². The summed E-state index contributed by atoms with van der Waals surface area (Å²) in [6, 6.07) is -0.559. The largest absolute Gasteiger partial charge is 0.346 e. The third kappa shape index (κ3) is 4.65. The lowest BCUT2D eigenvalue weighted by atomic mass is 9.78. The van der Waals surface area contributed by atoms with Gasteiger partial charge in [0.25, 0.3) is 5.91 Å². The Morgan fingerprint density at radius 2 is 1.97 bits per heavy atom. The highest BCUT2D eigenvalue weighted by Gasteiger charge is 2.53. The van der Waals surface area contributed by atoms with Crippen LogP contribution < -0.4 is 10.6 Å². The van der Waals surface area contributed by atoms with Crippen molar-refractivity contribution >= 4 is 17.7 Å². The van der Waals surface area contributed by atoms with Gasteiger partial charge in [0.2, 0.25) is 11.8 Å². The van der Waals surface area contributed by atoms with Crippen LogP contribution in [0, 0.1) is 5.41 Å². The van der Waals surface area contributed by atoms with E-state index in [0.29, 0.717) is 42.8 Å². The summed E-state index contributed by atoms with van der Waals surface area (Å²) in [6.45, 7) is 7.30. The molecule has 1 saturated carbocycles. The van der Waals surface area contributed by atoms with Gasteiger partial charge in [-0.3, -0.25) is 14.4 Å². The Balaban J connectivity index is 1.35. The molecule has 3 amide bonds. The molecule has 3 fully saturated rings. The molecule has 2 unspecified atom stereocenters. The van der Waals surface area contributed by atoms with Crippen molar-refractivity contribution in [2.24, 2.45) is 5.41 Å². The Morgan fingerprint density at radius 3 is 2.69 bits per heavy atom. The molecule has 0 radical (unpaired) electrons. The maximum absolute atomic E-state index is 13.8. The highest BCUT2D eigenvalue weighted by molar-refractivity contribution is 5.93. The SMILES string of the molecule is C=C1NC(=O)C2(CC3=C=CC=C(NC(=O)CN4C(=O)C(C)(C)CCC4C4=C=CC(F)=C(F)C=C4)C=C3C2)N1C. The molecule has 202 valence electrons. The third-order valence-corrected chi connectivity index (χ3v) is 8.14. The first-order valence-electron chi connectivity index (χ1n) is 12.8. The molecule has 5 aliphatic rings. The van der Waals surface area contributed by atoms with Crippen molar-refractivity contribution in [3.05, 3.63) is 94.4 Å². The summed E-state index contributed by atoms with van der Waals surface area (Å²) in [5, 5.41) is 5.68. The fourth-order valence-electron chi connectivity index (χ4n) is 5.72. The van der Waals surface area contributed by atoms with Crippen molar-refractivity contribution in [3.63, 3.8) is 0 Å². The number of amides is 3. The van der Waals surface area contributed by atoms with Gasteiger partial charge in [0, 0.05) is 48.2 Å². The van der Waals surface area contributed by atoms with Gasteiger partial charge < -0.3 is 20.4 Å². The molecule has 2 aliphatic heterocycles. The molecule has 1 spiro atoms. The highest BCUT2D eigenvalue weighted by atomic mass is 19.2. The number of hydrogen-bond donors (Lipinski definition) is 2. The zero-order valence-corrected chi connectivity index (χ0v) is 22.2. The molecule has 7 nitrogen and oxygen atoms in total. The number of fused-ring (bicyclic) bond motifs is 1. The molecular formula is C30H30F2N4O3. The quantitative estimate of drug-likeness (QED) is 0.539. The van der Waals surface area contributed by atoms with Crippen molar-refractivity contribution in [2.45, 2.75) is 51.1 Å². The van der Waals surface area contributed by atoms with Crippen LogP contribution in [0.25, 0.3) is 0 Å². The summed E-state index contributed by atoms with van der Waals surface area (Å²) in [6.07, 6.45) is 10.6. The number of likely N-dealkylation sites (N-methyl/N-ethyl adjacent to an activating group) is 1. The molecule has 39 heavy (non-hydrogen) atoms. The number of nitrogens with one attached hydrogen (secondary N) is 2. The average Bonchev–Trinajstić information content (AvgIpc) is 3.17. The maximum Gasteiger partial charge on any atom is 0.252 e. The van der Waals surface area contributed by atoms with Gasteiger partial charge in [-0.15, -0.1) is 11.5 Å². The molecule has 2 atom stereocenters. The van der Waals surface area contributed by atoms with E-state index in [0.717, 1.165) is 23.3 Å². The minimum atomic E-state index is -1.04. The fraction of sp³-hybridized carbons (Fsp3) is 0.367. The van der Waals surface area contributed by atoms with E-state index in [1.165, 1.54) is 11.0 Å². The number of allylic oxidation sites excluding steroid dienone is 5. The second kappa shape index (κ2) is 9.53.